The molecule has 0 aliphatic rings. The molecule has 36 heavy (non-hydrogen) atoms. The van der Waals surface area contributed by atoms with Gasteiger partial charge in [0, 0.05) is 24.8 Å². The molecule has 0 aromatic carbocycles. The molecule has 0 saturated heterocycles. The quantitative estimate of drug-likeness (QED) is 0.414. The van der Waals surface area contributed by atoms with Gasteiger partial charge in [-0.1, -0.05) is 12.8 Å². The molecule has 0 unspecified atom stereocenters. The molecule has 11 heteroatoms. The largest absolute Gasteiger partial charge is 0.476 e. The number of pyridine rings is 1. The van der Waals surface area contributed by atoms with Gasteiger partial charge in [-0.15, -0.1) is 0 Å². The molecule has 0 fully saturated rings. The van der Waals surface area contributed by atoms with E-state index >= 15 is 0 Å². The third kappa shape index (κ3) is 9.93. The highest BCUT2D eigenvalue weighted by molar-refractivity contribution is 5.88. The summed E-state index contributed by atoms with van der Waals surface area (Å²) in [5.74, 6) is -0.753. The Bertz CT molecular complexity index is 1040. The van der Waals surface area contributed by atoms with Crippen LogP contribution in [0.4, 0.5) is 15.4 Å². The van der Waals surface area contributed by atoms with Crippen LogP contribution in [0.5, 0.6) is 0 Å². The zero-order chi connectivity index (χ0) is 26.9. The number of rotatable bonds is 10. The van der Waals surface area contributed by atoms with Crippen LogP contribution in [0.3, 0.4) is 0 Å². The summed E-state index contributed by atoms with van der Waals surface area (Å²) in [5.41, 5.74) is -0.964. The van der Waals surface area contributed by atoms with E-state index < -0.39 is 29.4 Å². The Morgan fingerprint density at radius 3 is 2.31 bits per heavy atom. The lowest BCUT2D eigenvalue weighted by atomic mass is 10.2. The molecular formula is C25H36N4O7. The van der Waals surface area contributed by atoms with Crippen LogP contribution >= 0.6 is 0 Å². The highest BCUT2D eigenvalue weighted by atomic mass is 16.6. The van der Waals surface area contributed by atoms with Gasteiger partial charge in [-0.25, -0.2) is 24.4 Å². The Morgan fingerprint density at radius 2 is 1.69 bits per heavy atom. The summed E-state index contributed by atoms with van der Waals surface area (Å²) in [4.78, 5) is 45.5. The van der Waals surface area contributed by atoms with Gasteiger partial charge in [0.1, 0.15) is 23.3 Å². The van der Waals surface area contributed by atoms with Crippen molar-refractivity contribution in [3.63, 3.8) is 0 Å². The van der Waals surface area contributed by atoms with Crippen molar-refractivity contribution in [1.82, 2.24) is 15.3 Å². The first-order valence-electron chi connectivity index (χ1n) is 11.9. The van der Waals surface area contributed by atoms with Crippen LogP contribution in [0.15, 0.2) is 29.0 Å². The van der Waals surface area contributed by atoms with E-state index in [-0.39, 0.29) is 11.6 Å². The third-order valence-corrected chi connectivity index (χ3v) is 4.58. The summed E-state index contributed by atoms with van der Waals surface area (Å²) in [7, 11) is 0. The number of carbonyl (C=O) groups excluding carboxylic acids is 2. The maximum atomic E-state index is 12.9. The third-order valence-electron chi connectivity index (χ3n) is 4.58. The standard InChI is InChI=1S/C25H36N4O7/c1-24(2,3)35-22(32)27-12-9-7-8-10-14-29(23(33)36-25(4,5)6)19-15-17(11-13-26-19)20-28-18(16-34-20)21(30)31/h11,13,15-16H,7-10,12,14H2,1-6H3,(H,27,32)(H,30,31). The van der Waals surface area contributed by atoms with Crippen molar-refractivity contribution in [1.29, 1.82) is 0 Å². The number of hydrogen-bond acceptors (Lipinski definition) is 8. The minimum atomic E-state index is -1.20. The summed E-state index contributed by atoms with van der Waals surface area (Å²) in [6.07, 6.45) is 4.69. The topological polar surface area (TPSA) is 144 Å². The number of hydrogen-bond donors (Lipinski definition) is 2. The number of carbonyl (C=O) groups is 3. The van der Waals surface area contributed by atoms with E-state index in [9.17, 15) is 14.4 Å². The minimum absolute atomic E-state index is 0.109. The van der Waals surface area contributed by atoms with Crippen LogP contribution < -0.4 is 10.2 Å². The number of anilines is 1. The highest BCUT2D eigenvalue weighted by Crippen LogP contribution is 2.24. The predicted molar refractivity (Wildman–Crippen MR) is 133 cm³/mol. The van der Waals surface area contributed by atoms with E-state index in [0.29, 0.717) is 30.9 Å². The number of ether oxygens (including phenoxy) is 2. The van der Waals surface area contributed by atoms with Crippen LogP contribution in [0, 0.1) is 0 Å². The van der Waals surface area contributed by atoms with Gasteiger partial charge in [0.2, 0.25) is 5.89 Å². The Balaban J connectivity index is 1.99. The van der Waals surface area contributed by atoms with Crippen LogP contribution in [0.2, 0.25) is 0 Å². The summed E-state index contributed by atoms with van der Waals surface area (Å²) < 4.78 is 16.1. The Morgan fingerprint density at radius 1 is 1.03 bits per heavy atom. The zero-order valence-electron chi connectivity index (χ0n) is 21.8. The van der Waals surface area contributed by atoms with E-state index in [0.717, 1.165) is 25.5 Å². The smallest absolute Gasteiger partial charge is 0.416 e. The van der Waals surface area contributed by atoms with Gasteiger partial charge < -0.3 is 24.3 Å². The lowest BCUT2D eigenvalue weighted by Crippen LogP contribution is -2.38. The summed E-state index contributed by atoms with van der Waals surface area (Å²) in [6, 6.07) is 3.22. The molecule has 2 amide bonds. The van der Waals surface area contributed by atoms with Gasteiger partial charge >= 0.3 is 18.2 Å². The fourth-order valence-electron chi connectivity index (χ4n) is 3.07. The monoisotopic (exact) mass is 504 g/mol. The molecule has 0 radical (unpaired) electrons. The fraction of sp³-hybridized carbons (Fsp3) is 0.560. The number of carboxylic acid groups (broad SMARTS) is 1. The van der Waals surface area contributed by atoms with Crippen molar-refractivity contribution >= 4 is 24.0 Å². The Kier molecular flexibility index (Phi) is 9.83. The minimum Gasteiger partial charge on any atom is -0.476 e. The number of alkyl carbamates (subject to hydrolysis) is 1. The van der Waals surface area contributed by atoms with E-state index in [1.165, 1.54) is 11.1 Å². The van der Waals surface area contributed by atoms with Crippen LogP contribution in [-0.4, -0.2) is 57.5 Å². The average Bonchev–Trinajstić information content (AvgIpc) is 3.24. The zero-order valence-corrected chi connectivity index (χ0v) is 21.8. The first-order chi connectivity index (χ1) is 16.7. The second-order valence-corrected chi connectivity index (χ2v) is 10.2. The molecule has 2 rings (SSSR count). The number of nitrogens with zero attached hydrogens (tertiary/aromatic N) is 3. The van der Waals surface area contributed by atoms with Gasteiger partial charge in [0.05, 0.1) is 0 Å². The first-order valence-corrected chi connectivity index (χ1v) is 11.9. The molecule has 11 nitrogen and oxygen atoms in total. The van der Waals surface area contributed by atoms with Gasteiger partial charge in [-0.2, -0.15) is 0 Å². The maximum absolute atomic E-state index is 12.9. The number of amides is 2. The normalized spacial score (nSPS) is 11.6. The second-order valence-electron chi connectivity index (χ2n) is 10.2. The Hall–Kier alpha value is -3.63. The van der Waals surface area contributed by atoms with Crippen molar-refractivity contribution in [2.75, 3.05) is 18.0 Å². The van der Waals surface area contributed by atoms with Crippen molar-refractivity contribution in [3.05, 3.63) is 30.3 Å². The lowest BCUT2D eigenvalue weighted by Gasteiger charge is -2.27. The molecular weight excluding hydrogens is 468 g/mol. The maximum Gasteiger partial charge on any atom is 0.416 e. The SMILES string of the molecule is CC(C)(C)OC(=O)NCCCCCCN(C(=O)OC(C)(C)C)c1cc(-c2nc(C(=O)O)co2)ccn1. The van der Waals surface area contributed by atoms with Gasteiger partial charge in [0.25, 0.3) is 0 Å². The van der Waals surface area contributed by atoms with E-state index in [2.05, 4.69) is 15.3 Å². The molecule has 2 aromatic rings. The number of aromatic nitrogens is 2. The van der Waals surface area contributed by atoms with Crippen LogP contribution in [0.1, 0.15) is 77.7 Å². The van der Waals surface area contributed by atoms with Crippen molar-refractivity contribution in [3.8, 4) is 11.5 Å². The molecule has 198 valence electrons. The molecule has 2 N–H and O–H groups in total. The van der Waals surface area contributed by atoms with E-state index in [1.807, 2.05) is 20.8 Å². The van der Waals surface area contributed by atoms with Gasteiger partial charge in [-0.3, -0.25) is 4.90 Å². The van der Waals surface area contributed by atoms with Crippen molar-refractivity contribution in [2.45, 2.75) is 78.4 Å². The van der Waals surface area contributed by atoms with Crippen LogP contribution in [0.25, 0.3) is 11.5 Å². The van der Waals surface area contributed by atoms with Crippen molar-refractivity contribution in [2.24, 2.45) is 0 Å². The van der Waals surface area contributed by atoms with Crippen molar-refractivity contribution < 1.29 is 33.4 Å². The molecule has 2 heterocycles. The highest BCUT2D eigenvalue weighted by Gasteiger charge is 2.25. The van der Waals surface area contributed by atoms with E-state index in [4.69, 9.17) is 19.0 Å². The fourth-order valence-corrected chi connectivity index (χ4v) is 3.07. The molecule has 2 aromatic heterocycles. The molecule has 0 spiro atoms. The summed E-state index contributed by atoms with van der Waals surface area (Å²) in [6.45, 7) is 11.6. The molecule has 0 bridgehead atoms. The van der Waals surface area contributed by atoms with E-state index in [1.54, 1.807) is 32.9 Å². The van der Waals surface area contributed by atoms with Crippen LogP contribution in [-0.2, 0) is 9.47 Å². The predicted octanol–water partition coefficient (Wildman–Crippen LogP) is 5.26. The average molecular weight is 505 g/mol. The number of carboxylic acids is 1. The first kappa shape index (κ1) is 28.6. The second kappa shape index (κ2) is 12.4. The summed E-state index contributed by atoms with van der Waals surface area (Å²) >= 11 is 0. The number of oxazole rings is 1. The number of aromatic carboxylic acids is 1. The molecule has 0 atom stereocenters. The van der Waals surface area contributed by atoms with Gasteiger partial charge in [0.15, 0.2) is 5.69 Å². The number of unbranched alkanes of at least 4 members (excludes halogenated alkanes) is 3. The lowest BCUT2D eigenvalue weighted by molar-refractivity contribution is 0.0523. The molecule has 0 saturated carbocycles. The van der Waals surface area contributed by atoms with Gasteiger partial charge in [-0.05, 0) is 66.5 Å². The Labute approximate surface area is 211 Å². The molecule has 0 aliphatic carbocycles. The molecule has 0 aliphatic heterocycles. The number of nitrogens with one attached hydrogen (secondary N) is 1. The summed E-state index contributed by atoms with van der Waals surface area (Å²) in [5, 5.41) is 11.8.